The lowest BCUT2D eigenvalue weighted by molar-refractivity contribution is -0.140. The van der Waals surface area contributed by atoms with Crippen LogP contribution in [-0.4, -0.2) is 44.3 Å². The maximum Gasteiger partial charge on any atom is 0.264 e. The first kappa shape index (κ1) is 35.3. The minimum Gasteiger partial charge on any atom is -0.354 e. The summed E-state index contributed by atoms with van der Waals surface area (Å²) in [5, 5.41) is 3.92. The number of nitrogens with one attached hydrogen (secondary N) is 1. The molecule has 0 aromatic heterocycles. The van der Waals surface area contributed by atoms with Gasteiger partial charge in [0, 0.05) is 40.1 Å². The highest BCUT2D eigenvalue weighted by molar-refractivity contribution is 7.92. The van der Waals surface area contributed by atoms with Crippen molar-refractivity contribution in [1.82, 2.24) is 10.2 Å². The molecule has 1 atom stereocenters. The lowest BCUT2D eigenvalue weighted by Gasteiger charge is -2.34. The second kappa shape index (κ2) is 15.8. The number of nitrogens with zero attached hydrogens (tertiary/aromatic N) is 2. The molecule has 4 rings (SSSR count). The highest BCUT2D eigenvalue weighted by Crippen LogP contribution is 2.30. The van der Waals surface area contributed by atoms with Crippen molar-refractivity contribution in [1.29, 1.82) is 0 Å². The van der Waals surface area contributed by atoms with Gasteiger partial charge in [-0.3, -0.25) is 13.9 Å². The van der Waals surface area contributed by atoms with Gasteiger partial charge in [0.15, 0.2) is 0 Å². The number of anilines is 1. The average molecular weight is 701 g/mol. The molecule has 11 heteroatoms. The highest BCUT2D eigenvalue weighted by Gasteiger charge is 2.35. The van der Waals surface area contributed by atoms with Crippen molar-refractivity contribution in [2.45, 2.75) is 44.7 Å². The summed E-state index contributed by atoms with van der Waals surface area (Å²) in [5.74, 6) is -0.862. The maximum absolute atomic E-state index is 14.6. The Morgan fingerprint density at radius 1 is 0.804 bits per heavy atom. The van der Waals surface area contributed by atoms with E-state index in [1.165, 1.54) is 23.1 Å². The zero-order valence-corrected chi connectivity index (χ0v) is 28.9. The van der Waals surface area contributed by atoms with Crippen molar-refractivity contribution < 1.29 is 18.0 Å². The topological polar surface area (TPSA) is 86.8 Å². The van der Waals surface area contributed by atoms with Crippen molar-refractivity contribution >= 4 is 62.3 Å². The smallest absolute Gasteiger partial charge is 0.264 e. The number of sulfonamides is 1. The Morgan fingerprint density at radius 3 is 2.00 bits per heavy atom. The Morgan fingerprint density at radius 2 is 1.41 bits per heavy atom. The summed E-state index contributed by atoms with van der Waals surface area (Å²) in [6.45, 7) is 5.36. The minimum absolute atomic E-state index is 0.00397. The Bertz CT molecular complexity index is 1750. The predicted octanol–water partition coefficient (Wildman–Crippen LogP) is 7.56. The molecule has 2 amide bonds. The Balaban J connectivity index is 1.84. The van der Waals surface area contributed by atoms with E-state index in [1.807, 2.05) is 44.2 Å². The molecular formula is C35H36Cl3N3O4S. The number of carbonyl (C=O) groups is 2. The number of hydrogen-bond donors (Lipinski definition) is 1. The van der Waals surface area contributed by atoms with Gasteiger partial charge in [0.2, 0.25) is 11.8 Å². The van der Waals surface area contributed by atoms with Crippen LogP contribution in [0.5, 0.6) is 0 Å². The van der Waals surface area contributed by atoms with Crippen molar-refractivity contribution in [2.24, 2.45) is 5.92 Å². The summed E-state index contributed by atoms with van der Waals surface area (Å²) in [5.41, 5.74) is 2.19. The number of hydrogen-bond acceptors (Lipinski definition) is 4. The van der Waals surface area contributed by atoms with E-state index < -0.39 is 28.5 Å². The molecule has 4 aromatic rings. The van der Waals surface area contributed by atoms with Crippen LogP contribution in [0.3, 0.4) is 0 Å². The second-order valence-electron chi connectivity index (χ2n) is 11.3. The first-order valence-electron chi connectivity index (χ1n) is 14.8. The molecule has 0 unspecified atom stereocenters. The molecule has 0 bridgehead atoms. The van der Waals surface area contributed by atoms with E-state index in [4.69, 9.17) is 34.8 Å². The molecule has 0 aliphatic heterocycles. The van der Waals surface area contributed by atoms with Gasteiger partial charge in [-0.2, -0.15) is 0 Å². The third-order valence-electron chi connectivity index (χ3n) is 7.40. The van der Waals surface area contributed by atoms with Crippen LogP contribution in [0.4, 0.5) is 5.69 Å². The molecular weight excluding hydrogens is 665 g/mol. The van der Waals surface area contributed by atoms with Crippen LogP contribution < -0.4 is 9.62 Å². The van der Waals surface area contributed by atoms with E-state index in [9.17, 15) is 18.0 Å². The van der Waals surface area contributed by atoms with Crippen LogP contribution in [-0.2, 0) is 32.6 Å². The molecule has 0 aliphatic rings. The van der Waals surface area contributed by atoms with Gasteiger partial charge in [-0.15, -0.1) is 0 Å². The molecule has 0 radical (unpaired) electrons. The fourth-order valence-electron chi connectivity index (χ4n) is 4.82. The van der Waals surface area contributed by atoms with Crippen LogP contribution in [0.25, 0.3) is 0 Å². The standard InChI is InChI=1S/C35H36Cl3N3O4S/c1-24(2)21-39-35(43)33(19-26-11-6-4-7-12-26)40(22-29-30(36)15-10-16-31(29)37)34(42)23-41(27-18-17-25(3)32(38)20-27)46(44,45)28-13-8-5-9-14-28/h4-18,20,24,33H,19,21-23H2,1-3H3,(H,39,43)/t33-/m0/s1. The number of amides is 2. The van der Waals surface area contributed by atoms with Crippen LogP contribution in [0, 0.1) is 12.8 Å². The third kappa shape index (κ3) is 8.82. The molecule has 0 fully saturated rings. The van der Waals surface area contributed by atoms with E-state index in [1.54, 1.807) is 55.5 Å². The van der Waals surface area contributed by atoms with Crippen molar-refractivity contribution in [2.75, 3.05) is 17.4 Å². The van der Waals surface area contributed by atoms with Gasteiger partial charge in [0.25, 0.3) is 10.0 Å². The average Bonchev–Trinajstić information content (AvgIpc) is 3.03. The van der Waals surface area contributed by atoms with Gasteiger partial charge in [0.05, 0.1) is 10.6 Å². The first-order valence-corrected chi connectivity index (χ1v) is 17.3. The fraction of sp³-hybridized carbons (Fsp3) is 0.257. The summed E-state index contributed by atoms with van der Waals surface area (Å²) < 4.78 is 29.2. The Hall–Kier alpha value is -3.56. The Labute approximate surface area is 286 Å². The SMILES string of the molecule is Cc1ccc(N(CC(=O)N(Cc2c(Cl)cccc2Cl)[C@@H](Cc2ccccc2)C(=O)NCC(C)C)S(=O)(=O)c2ccccc2)cc1Cl. The van der Waals surface area contributed by atoms with E-state index in [-0.39, 0.29) is 35.4 Å². The molecule has 0 saturated carbocycles. The number of halogens is 3. The predicted molar refractivity (Wildman–Crippen MR) is 186 cm³/mol. The lowest BCUT2D eigenvalue weighted by Crippen LogP contribution is -2.53. The van der Waals surface area contributed by atoms with Gasteiger partial charge in [-0.25, -0.2) is 8.42 Å². The maximum atomic E-state index is 14.6. The molecule has 46 heavy (non-hydrogen) atoms. The highest BCUT2D eigenvalue weighted by atomic mass is 35.5. The molecule has 0 heterocycles. The first-order chi connectivity index (χ1) is 21.9. The number of carbonyl (C=O) groups excluding carboxylic acids is 2. The molecule has 0 saturated heterocycles. The monoisotopic (exact) mass is 699 g/mol. The van der Waals surface area contributed by atoms with Crippen molar-refractivity contribution in [3.05, 3.63) is 129 Å². The normalized spacial score (nSPS) is 12.1. The van der Waals surface area contributed by atoms with Gasteiger partial charge >= 0.3 is 0 Å². The zero-order chi connectivity index (χ0) is 33.4. The number of rotatable bonds is 13. The van der Waals surface area contributed by atoms with Gasteiger partial charge in [-0.05, 0) is 60.4 Å². The number of aryl methyl sites for hydroxylation is 1. The van der Waals surface area contributed by atoms with Crippen LogP contribution in [0.1, 0.15) is 30.5 Å². The summed E-state index contributed by atoms with van der Waals surface area (Å²) in [6, 6.07) is 25.9. The molecule has 7 nitrogen and oxygen atoms in total. The molecule has 242 valence electrons. The Kier molecular flexibility index (Phi) is 12.1. The van der Waals surface area contributed by atoms with Gasteiger partial charge in [0.1, 0.15) is 12.6 Å². The van der Waals surface area contributed by atoms with Crippen molar-refractivity contribution in [3.63, 3.8) is 0 Å². The van der Waals surface area contributed by atoms with Gasteiger partial charge in [-0.1, -0.05) is 109 Å². The molecule has 0 aliphatic carbocycles. The van der Waals surface area contributed by atoms with E-state index in [0.717, 1.165) is 15.4 Å². The summed E-state index contributed by atoms with van der Waals surface area (Å²) in [7, 11) is -4.25. The van der Waals surface area contributed by atoms with Gasteiger partial charge < -0.3 is 10.2 Å². The second-order valence-corrected chi connectivity index (χ2v) is 14.4. The van der Waals surface area contributed by atoms with Crippen LogP contribution >= 0.6 is 34.8 Å². The van der Waals surface area contributed by atoms with Crippen molar-refractivity contribution in [3.8, 4) is 0 Å². The lowest BCUT2D eigenvalue weighted by atomic mass is 10.0. The summed E-state index contributed by atoms with van der Waals surface area (Å²) in [6.07, 6.45) is 0.167. The number of benzene rings is 4. The molecule has 4 aromatic carbocycles. The summed E-state index contributed by atoms with van der Waals surface area (Å²) >= 11 is 19.6. The van der Waals surface area contributed by atoms with E-state index in [0.29, 0.717) is 27.2 Å². The minimum atomic E-state index is -4.25. The third-order valence-corrected chi connectivity index (χ3v) is 10.3. The largest absolute Gasteiger partial charge is 0.354 e. The fourth-order valence-corrected chi connectivity index (χ4v) is 6.93. The molecule has 1 N–H and O–H groups in total. The van der Waals surface area contributed by atoms with E-state index >= 15 is 0 Å². The molecule has 0 spiro atoms. The van der Waals surface area contributed by atoms with Crippen LogP contribution in [0.2, 0.25) is 15.1 Å². The van der Waals surface area contributed by atoms with E-state index in [2.05, 4.69) is 5.32 Å². The van der Waals surface area contributed by atoms with Crippen LogP contribution in [0.15, 0.2) is 102 Å². The zero-order valence-electron chi connectivity index (χ0n) is 25.8. The summed E-state index contributed by atoms with van der Waals surface area (Å²) in [4.78, 5) is 29.8. The quantitative estimate of drug-likeness (QED) is 0.156.